The van der Waals surface area contributed by atoms with Crippen LogP contribution >= 0.6 is 0 Å². The Labute approximate surface area is 103 Å². The smallest absolute Gasteiger partial charge is 0.179 e. The first-order valence-corrected chi connectivity index (χ1v) is 6.14. The third kappa shape index (κ3) is 3.86. The summed E-state index contributed by atoms with van der Waals surface area (Å²) in [6, 6.07) is 7.21. The van der Waals surface area contributed by atoms with Crippen LogP contribution in [0.25, 0.3) is 0 Å². The van der Waals surface area contributed by atoms with Gasteiger partial charge < -0.3 is 10.1 Å². The average molecular weight is 235 g/mol. The molecule has 1 aromatic carbocycles. The lowest BCUT2D eigenvalue weighted by molar-refractivity contribution is 0.0938. The number of carbonyl (C=O) groups is 1. The van der Waals surface area contributed by atoms with Crippen LogP contribution in [-0.2, 0) is 0 Å². The van der Waals surface area contributed by atoms with E-state index in [-0.39, 0.29) is 11.8 Å². The van der Waals surface area contributed by atoms with Gasteiger partial charge in [-0.3, -0.25) is 4.79 Å². The maximum atomic E-state index is 12.2. The average Bonchev–Trinajstić information content (AvgIpc) is 2.38. The Morgan fingerprint density at radius 3 is 2.41 bits per heavy atom. The summed E-state index contributed by atoms with van der Waals surface area (Å²) < 4.78 is 5.08. The number of carbonyl (C=O) groups excluding carboxylic acids is 1. The Kier molecular flexibility index (Phi) is 5.70. The zero-order valence-corrected chi connectivity index (χ0v) is 10.8. The van der Waals surface area contributed by atoms with E-state index < -0.39 is 0 Å². The van der Waals surface area contributed by atoms with Gasteiger partial charge in [-0.05, 0) is 37.2 Å². The summed E-state index contributed by atoms with van der Waals surface area (Å²) in [5.74, 6) is 0.938. The minimum absolute atomic E-state index is 0.0709. The molecule has 0 fully saturated rings. The molecular weight excluding hydrogens is 214 g/mol. The number of hydrogen-bond donors (Lipinski definition) is 1. The van der Waals surface area contributed by atoms with Crippen molar-refractivity contribution in [2.75, 3.05) is 13.7 Å². The van der Waals surface area contributed by atoms with Crippen LogP contribution in [0, 0.1) is 0 Å². The normalized spacial score (nSPS) is 12.2. The Morgan fingerprint density at radius 2 is 1.94 bits per heavy atom. The number of ketones is 1. The van der Waals surface area contributed by atoms with Crippen molar-refractivity contribution >= 4 is 5.78 Å². The second-order valence-corrected chi connectivity index (χ2v) is 3.99. The summed E-state index contributed by atoms with van der Waals surface area (Å²) in [5, 5.41) is 3.23. The van der Waals surface area contributed by atoms with Gasteiger partial charge in [0, 0.05) is 5.56 Å². The zero-order valence-electron chi connectivity index (χ0n) is 10.8. The van der Waals surface area contributed by atoms with E-state index in [1.54, 1.807) is 7.11 Å². The third-order valence-corrected chi connectivity index (χ3v) is 2.72. The monoisotopic (exact) mass is 235 g/mol. The van der Waals surface area contributed by atoms with E-state index in [0.29, 0.717) is 0 Å². The van der Waals surface area contributed by atoms with Crippen molar-refractivity contribution in [1.29, 1.82) is 0 Å². The van der Waals surface area contributed by atoms with Crippen molar-refractivity contribution in [3.05, 3.63) is 29.8 Å². The van der Waals surface area contributed by atoms with Crippen molar-refractivity contribution in [3.63, 3.8) is 0 Å². The minimum Gasteiger partial charge on any atom is -0.497 e. The van der Waals surface area contributed by atoms with Crippen molar-refractivity contribution < 1.29 is 9.53 Å². The van der Waals surface area contributed by atoms with Gasteiger partial charge in [0.15, 0.2) is 5.78 Å². The number of likely N-dealkylation sites (N-methyl/N-ethyl adjacent to an activating group) is 1. The van der Waals surface area contributed by atoms with E-state index in [9.17, 15) is 4.79 Å². The van der Waals surface area contributed by atoms with Crippen LogP contribution in [0.1, 0.15) is 37.0 Å². The number of ether oxygens (including phenoxy) is 1. The lowest BCUT2D eigenvalue weighted by atomic mass is 10.0. The topological polar surface area (TPSA) is 38.3 Å². The Morgan fingerprint density at radius 1 is 1.29 bits per heavy atom. The van der Waals surface area contributed by atoms with Gasteiger partial charge in [-0.1, -0.05) is 20.3 Å². The molecule has 1 N–H and O–H groups in total. The van der Waals surface area contributed by atoms with Crippen LogP contribution < -0.4 is 10.1 Å². The fraction of sp³-hybridized carbons (Fsp3) is 0.500. The molecule has 0 aliphatic rings. The van der Waals surface area contributed by atoms with Gasteiger partial charge in [-0.15, -0.1) is 0 Å². The van der Waals surface area contributed by atoms with Gasteiger partial charge in [-0.25, -0.2) is 0 Å². The van der Waals surface area contributed by atoms with Crippen molar-refractivity contribution in [3.8, 4) is 5.75 Å². The molecule has 0 aliphatic carbocycles. The molecule has 3 heteroatoms. The lowest BCUT2D eigenvalue weighted by Crippen LogP contribution is -2.36. The first-order valence-electron chi connectivity index (χ1n) is 6.14. The molecule has 0 saturated carbocycles. The van der Waals surface area contributed by atoms with Gasteiger partial charge in [0.1, 0.15) is 5.75 Å². The van der Waals surface area contributed by atoms with Crippen LogP contribution in [-0.4, -0.2) is 25.5 Å². The highest BCUT2D eigenvalue weighted by Crippen LogP contribution is 2.14. The summed E-state index contributed by atoms with van der Waals surface area (Å²) in [5.41, 5.74) is 0.741. The summed E-state index contributed by atoms with van der Waals surface area (Å²) in [7, 11) is 1.62. The van der Waals surface area contributed by atoms with Gasteiger partial charge >= 0.3 is 0 Å². The van der Waals surface area contributed by atoms with Crippen LogP contribution in [0.3, 0.4) is 0 Å². The van der Waals surface area contributed by atoms with Gasteiger partial charge in [0.2, 0.25) is 0 Å². The van der Waals surface area contributed by atoms with Crippen LogP contribution in [0.15, 0.2) is 24.3 Å². The fourth-order valence-electron chi connectivity index (χ4n) is 1.82. The molecule has 1 aromatic rings. The number of methoxy groups -OCH3 is 1. The predicted octanol–water partition coefficient (Wildman–Crippen LogP) is 2.66. The highest BCUT2D eigenvalue weighted by molar-refractivity contribution is 6.00. The molecule has 0 amide bonds. The van der Waals surface area contributed by atoms with E-state index in [1.165, 1.54) is 0 Å². The van der Waals surface area contributed by atoms with Gasteiger partial charge in [-0.2, -0.15) is 0 Å². The maximum Gasteiger partial charge on any atom is 0.179 e. The van der Waals surface area contributed by atoms with E-state index in [2.05, 4.69) is 12.2 Å². The summed E-state index contributed by atoms with van der Waals surface area (Å²) in [6.07, 6.45) is 1.87. The van der Waals surface area contributed by atoms with Crippen molar-refractivity contribution in [2.45, 2.75) is 32.7 Å². The summed E-state index contributed by atoms with van der Waals surface area (Å²) >= 11 is 0. The molecule has 0 saturated heterocycles. The molecule has 3 nitrogen and oxygen atoms in total. The van der Waals surface area contributed by atoms with Crippen LogP contribution in [0.5, 0.6) is 5.75 Å². The van der Waals surface area contributed by atoms with E-state index in [0.717, 1.165) is 30.7 Å². The molecule has 0 unspecified atom stereocenters. The van der Waals surface area contributed by atoms with E-state index in [1.807, 2.05) is 31.2 Å². The fourth-order valence-corrected chi connectivity index (χ4v) is 1.82. The Balaban J connectivity index is 2.77. The molecule has 0 aromatic heterocycles. The third-order valence-electron chi connectivity index (χ3n) is 2.72. The standard InChI is InChI=1S/C14H21NO2/c1-4-6-13(15-5-2)14(16)11-7-9-12(17-3)10-8-11/h7-10,13,15H,4-6H2,1-3H3/t13-/m0/s1. The number of Topliss-reactive ketones (excluding diaryl/α,β-unsaturated/α-hetero) is 1. The van der Waals surface area contributed by atoms with E-state index in [4.69, 9.17) is 4.74 Å². The highest BCUT2D eigenvalue weighted by Gasteiger charge is 2.17. The second kappa shape index (κ2) is 7.07. The largest absolute Gasteiger partial charge is 0.497 e. The SMILES string of the molecule is CCC[C@H](NCC)C(=O)c1ccc(OC)cc1. The summed E-state index contributed by atoms with van der Waals surface area (Å²) in [4.78, 5) is 12.2. The highest BCUT2D eigenvalue weighted by atomic mass is 16.5. The Hall–Kier alpha value is -1.35. The first-order chi connectivity index (χ1) is 8.22. The molecule has 1 atom stereocenters. The zero-order chi connectivity index (χ0) is 12.7. The molecule has 1 rings (SSSR count). The molecule has 0 heterocycles. The number of benzene rings is 1. The summed E-state index contributed by atoms with van der Waals surface area (Å²) in [6.45, 7) is 4.92. The molecule has 17 heavy (non-hydrogen) atoms. The number of rotatable bonds is 7. The minimum atomic E-state index is -0.0709. The Bertz CT molecular complexity index is 340. The quantitative estimate of drug-likeness (QED) is 0.738. The molecule has 0 radical (unpaired) electrons. The van der Waals surface area contributed by atoms with Gasteiger partial charge in [0.05, 0.1) is 13.2 Å². The second-order valence-electron chi connectivity index (χ2n) is 3.99. The molecule has 0 spiro atoms. The van der Waals surface area contributed by atoms with Crippen LogP contribution in [0.2, 0.25) is 0 Å². The number of hydrogen-bond acceptors (Lipinski definition) is 3. The molecule has 94 valence electrons. The molecule has 0 aliphatic heterocycles. The van der Waals surface area contributed by atoms with Gasteiger partial charge in [0.25, 0.3) is 0 Å². The number of nitrogens with one attached hydrogen (secondary N) is 1. The van der Waals surface area contributed by atoms with Crippen LogP contribution in [0.4, 0.5) is 0 Å². The lowest BCUT2D eigenvalue weighted by Gasteiger charge is -2.15. The molecule has 0 bridgehead atoms. The maximum absolute atomic E-state index is 12.2. The molecular formula is C14H21NO2. The van der Waals surface area contributed by atoms with E-state index >= 15 is 0 Å². The predicted molar refractivity (Wildman–Crippen MR) is 69.7 cm³/mol. The van der Waals surface area contributed by atoms with Crippen molar-refractivity contribution in [2.24, 2.45) is 0 Å². The first kappa shape index (κ1) is 13.7. The van der Waals surface area contributed by atoms with Crippen molar-refractivity contribution in [1.82, 2.24) is 5.32 Å².